The van der Waals surface area contributed by atoms with Crippen molar-refractivity contribution in [1.29, 1.82) is 0 Å². The van der Waals surface area contributed by atoms with Crippen LogP contribution in [0.25, 0.3) is 11.3 Å². The number of aromatic nitrogens is 1. The molecule has 0 spiro atoms. The third kappa shape index (κ3) is 2.64. The van der Waals surface area contributed by atoms with Crippen molar-refractivity contribution < 1.29 is 0 Å². The lowest BCUT2D eigenvalue weighted by molar-refractivity contribution is 1.30. The van der Waals surface area contributed by atoms with Gasteiger partial charge in [-0.15, -0.1) is 0 Å². The van der Waals surface area contributed by atoms with Crippen molar-refractivity contribution in [3.05, 3.63) is 45.9 Å². The minimum Gasteiger partial charge on any atom is -0.383 e. The van der Waals surface area contributed by atoms with E-state index >= 15 is 0 Å². The van der Waals surface area contributed by atoms with Gasteiger partial charge in [-0.05, 0) is 24.3 Å². The van der Waals surface area contributed by atoms with Gasteiger partial charge in [0.1, 0.15) is 11.7 Å². The second-order valence-electron chi connectivity index (χ2n) is 3.83. The molecule has 2 aromatic rings. The van der Waals surface area contributed by atoms with Gasteiger partial charge in [0.15, 0.2) is 0 Å². The fraction of sp³-hybridized carbons (Fsp3) is 0.0769. The van der Waals surface area contributed by atoms with Gasteiger partial charge in [0.05, 0.1) is 21.3 Å². The van der Waals surface area contributed by atoms with E-state index in [2.05, 4.69) is 9.98 Å². The predicted octanol–water partition coefficient (Wildman–Crippen LogP) is 2.97. The van der Waals surface area contributed by atoms with Gasteiger partial charge in [0.25, 0.3) is 0 Å². The molecule has 0 atom stereocenters. The van der Waals surface area contributed by atoms with Crippen LogP contribution in [0.3, 0.4) is 0 Å². The summed E-state index contributed by atoms with van der Waals surface area (Å²) in [6.07, 6.45) is 0. The second-order valence-corrected chi connectivity index (χ2v) is 4.65. The summed E-state index contributed by atoms with van der Waals surface area (Å²) in [6, 6.07) is 8.77. The van der Waals surface area contributed by atoms with E-state index in [1.165, 1.54) is 0 Å². The molecule has 0 fully saturated rings. The highest BCUT2D eigenvalue weighted by atomic mass is 35.5. The quantitative estimate of drug-likeness (QED) is 0.660. The van der Waals surface area contributed by atoms with Crippen LogP contribution in [0.2, 0.25) is 10.0 Å². The summed E-state index contributed by atoms with van der Waals surface area (Å²) in [5.41, 5.74) is 13.4. The standard InChI is InChI=1S/C13H12Cl2N4/c1-18-12(16)7-5-6-10(19-13(7)17)11-8(14)3-2-4-9(11)15/h2-6H,1H3,(H2,16,18)(H2,17,19). The lowest BCUT2D eigenvalue weighted by Gasteiger charge is -2.09. The number of aliphatic imine (C=N–C) groups is 1. The van der Waals surface area contributed by atoms with Crippen LogP contribution in [-0.4, -0.2) is 17.9 Å². The molecule has 0 saturated carbocycles. The van der Waals surface area contributed by atoms with Crippen LogP contribution in [0, 0.1) is 0 Å². The third-order valence-corrected chi connectivity index (χ3v) is 3.29. The van der Waals surface area contributed by atoms with Crippen molar-refractivity contribution in [2.75, 3.05) is 12.8 Å². The van der Waals surface area contributed by atoms with E-state index in [0.29, 0.717) is 32.7 Å². The Morgan fingerprint density at radius 3 is 2.32 bits per heavy atom. The van der Waals surface area contributed by atoms with E-state index < -0.39 is 0 Å². The van der Waals surface area contributed by atoms with Crippen LogP contribution in [0.4, 0.5) is 5.82 Å². The molecule has 0 aliphatic rings. The van der Waals surface area contributed by atoms with E-state index in [1.54, 1.807) is 37.4 Å². The van der Waals surface area contributed by atoms with Gasteiger partial charge in [0, 0.05) is 12.6 Å². The molecule has 0 unspecified atom stereocenters. The summed E-state index contributed by atoms with van der Waals surface area (Å²) in [7, 11) is 1.59. The number of nitrogen functional groups attached to an aromatic ring is 1. The van der Waals surface area contributed by atoms with E-state index in [4.69, 9.17) is 34.7 Å². The molecule has 0 amide bonds. The zero-order chi connectivity index (χ0) is 14.0. The normalized spacial score (nSPS) is 11.6. The Kier molecular flexibility index (Phi) is 3.93. The maximum absolute atomic E-state index is 6.13. The smallest absolute Gasteiger partial charge is 0.135 e. The van der Waals surface area contributed by atoms with Crippen molar-refractivity contribution >= 4 is 34.9 Å². The number of nitrogens with zero attached hydrogens (tertiary/aromatic N) is 2. The van der Waals surface area contributed by atoms with Crippen molar-refractivity contribution in [2.24, 2.45) is 10.7 Å². The summed E-state index contributed by atoms with van der Waals surface area (Å²) in [5.74, 6) is 0.624. The number of benzene rings is 1. The van der Waals surface area contributed by atoms with Gasteiger partial charge in [0.2, 0.25) is 0 Å². The second kappa shape index (κ2) is 5.47. The molecule has 6 heteroatoms. The summed E-state index contributed by atoms with van der Waals surface area (Å²) in [4.78, 5) is 8.16. The number of halogens is 2. The zero-order valence-electron chi connectivity index (χ0n) is 10.2. The fourth-order valence-corrected chi connectivity index (χ4v) is 2.28. The van der Waals surface area contributed by atoms with Crippen molar-refractivity contribution in [3.8, 4) is 11.3 Å². The number of hydrogen-bond donors (Lipinski definition) is 2. The molecule has 19 heavy (non-hydrogen) atoms. The molecule has 0 aliphatic heterocycles. The van der Waals surface area contributed by atoms with Gasteiger partial charge in [-0.1, -0.05) is 29.3 Å². The minimum atomic E-state index is 0.289. The molecule has 0 bridgehead atoms. The first kappa shape index (κ1) is 13.6. The van der Waals surface area contributed by atoms with E-state index in [0.717, 1.165) is 0 Å². The summed E-state index contributed by atoms with van der Waals surface area (Å²) >= 11 is 12.3. The van der Waals surface area contributed by atoms with Gasteiger partial charge >= 0.3 is 0 Å². The Balaban J connectivity index is 2.57. The molecule has 98 valence electrons. The summed E-state index contributed by atoms with van der Waals surface area (Å²) in [5, 5.41) is 1.04. The molecule has 0 aliphatic carbocycles. The highest BCUT2D eigenvalue weighted by molar-refractivity contribution is 6.39. The van der Waals surface area contributed by atoms with Crippen LogP contribution in [-0.2, 0) is 0 Å². The Morgan fingerprint density at radius 1 is 1.16 bits per heavy atom. The number of hydrogen-bond acceptors (Lipinski definition) is 3. The number of nitrogens with two attached hydrogens (primary N) is 2. The number of pyridine rings is 1. The molecular formula is C13H12Cl2N4. The van der Waals surface area contributed by atoms with Gasteiger partial charge < -0.3 is 11.5 Å². The van der Waals surface area contributed by atoms with Crippen molar-refractivity contribution in [2.45, 2.75) is 0 Å². The van der Waals surface area contributed by atoms with Crippen LogP contribution >= 0.6 is 23.2 Å². The van der Waals surface area contributed by atoms with Crippen LogP contribution < -0.4 is 11.5 Å². The molecule has 0 saturated heterocycles. The van der Waals surface area contributed by atoms with Gasteiger partial charge in [-0.3, -0.25) is 4.99 Å². The largest absolute Gasteiger partial charge is 0.383 e. The van der Waals surface area contributed by atoms with Gasteiger partial charge in [-0.2, -0.15) is 0 Å². The average Bonchev–Trinajstić information content (AvgIpc) is 2.38. The number of anilines is 1. The van der Waals surface area contributed by atoms with Crippen LogP contribution in [0.1, 0.15) is 5.56 Å². The number of rotatable bonds is 2. The maximum atomic E-state index is 6.13. The highest BCUT2D eigenvalue weighted by Crippen LogP contribution is 2.34. The van der Waals surface area contributed by atoms with Crippen LogP contribution in [0.5, 0.6) is 0 Å². The van der Waals surface area contributed by atoms with Crippen LogP contribution in [0.15, 0.2) is 35.3 Å². The Bertz CT molecular complexity index is 633. The summed E-state index contributed by atoms with van der Waals surface area (Å²) in [6.45, 7) is 0. The monoisotopic (exact) mass is 294 g/mol. The molecule has 2 rings (SSSR count). The molecule has 4 N–H and O–H groups in total. The molecule has 1 heterocycles. The Labute approximate surface area is 121 Å². The molecule has 1 aromatic heterocycles. The van der Waals surface area contributed by atoms with E-state index in [1.807, 2.05) is 0 Å². The first-order chi connectivity index (χ1) is 9.04. The number of amidine groups is 1. The topological polar surface area (TPSA) is 77.3 Å². The fourth-order valence-electron chi connectivity index (χ4n) is 1.69. The maximum Gasteiger partial charge on any atom is 0.135 e. The highest BCUT2D eigenvalue weighted by Gasteiger charge is 2.12. The first-order valence-corrected chi connectivity index (χ1v) is 6.23. The van der Waals surface area contributed by atoms with Crippen molar-refractivity contribution in [1.82, 2.24) is 4.98 Å². The van der Waals surface area contributed by atoms with E-state index in [9.17, 15) is 0 Å². The minimum absolute atomic E-state index is 0.289. The molecule has 4 nitrogen and oxygen atoms in total. The molecular weight excluding hydrogens is 283 g/mol. The van der Waals surface area contributed by atoms with E-state index in [-0.39, 0.29) is 5.82 Å². The Morgan fingerprint density at radius 2 is 1.79 bits per heavy atom. The van der Waals surface area contributed by atoms with Gasteiger partial charge in [-0.25, -0.2) is 4.98 Å². The SMILES string of the molecule is CN=C(N)c1ccc(-c2c(Cl)cccc2Cl)nc1N. The first-order valence-electron chi connectivity index (χ1n) is 5.48. The molecule has 0 radical (unpaired) electrons. The summed E-state index contributed by atoms with van der Waals surface area (Å²) < 4.78 is 0. The third-order valence-electron chi connectivity index (χ3n) is 2.66. The average molecular weight is 295 g/mol. The van der Waals surface area contributed by atoms with Crippen molar-refractivity contribution in [3.63, 3.8) is 0 Å². The predicted molar refractivity (Wildman–Crippen MR) is 80.8 cm³/mol. The Hall–Kier alpha value is -1.78. The lowest BCUT2D eigenvalue weighted by atomic mass is 10.1. The zero-order valence-corrected chi connectivity index (χ0v) is 11.7. The lowest BCUT2D eigenvalue weighted by Crippen LogP contribution is -2.16. The molecule has 1 aromatic carbocycles.